The average molecular weight is 304 g/mol. The molecule has 1 aromatic heterocycles. The molecule has 19 heavy (non-hydrogen) atoms. The van der Waals surface area contributed by atoms with E-state index in [1.807, 2.05) is 6.20 Å². The minimum Gasteiger partial charge on any atom is -0.321 e. The Morgan fingerprint density at radius 1 is 1.37 bits per heavy atom. The van der Waals surface area contributed by atoms with Crippen LogP contribution in [0.4, 0.5) is 0 Å². The average Bonchev–Trinajstić information content (AvgIpc) is 2.72. The lowest BCUT2D eigenvalue weighted by atomic mass is 10.1. The number of hydrogen-bond donors (Lipinski definition) is 0. The van der Waals surface area contributed by atoms with Crippen molar-refractivity contribution >= 4 is 21.6 Å². The number of imidazole rings is 1. The summed E-state index contributed by atoms with van der Waals surface area (Å²) < 4.78 is 25.5. The molecule has 6 heteroatoms. The van der Waals surface area contributed by atoms with Gasteiger partial charge in [0.25, 0.3) is 0 Å². The fourth-order valence-corrected chi connectivity index (χ4v) is 3.85. The van der Waals surface area contributed by atoms with Crippen LogP contribution in [0, 0.1) is 0 Å². The van der Waals surface area contributed by atoms with Crippen LogP contribution < -0.4 is 0 Å². The molecule has 1 aromatic rings. The Morgan fingerprint density at radius 2 is 2.00 bits per heavy atom. The van der Waals surface area contributed by atoms with Gasteiger partial charge in [0.1, 0.15) is 0 Å². The van der Waals surface area contributed by atoms with E-state index in [-0.39, 0.29) is 16.5 Å². The van der Waals surface area contributed by atoms with Gasteiger partial charge in [0.15, 0.2) is 15.0 Å². The molecule has 0 atom stereocenters. The van der Waals surface area contributed by atoms with Gasteiger partial charge in [-0.2, -0.15) is 0 Å². The zero-order valence-electron chi connectivity index (χ0n) is 12.4. The maximum absolute atomic E-state index is 11.7. The lowest BCUT2D eigenvalue weighted by molar-refractivity contribution is 0.367. The molecule has 0 aliphatic carbocycles. The number of nitrogens with zero attached hydrogens (tertiary/aromatic N) is 2. The molecule has 0 radical (unpaired) electrons. The van der Waals surface area contributed by atoms with Gasteiger partial charge in [-0.05, 0) is 41.0 Å². The van der Waals surface area contributed by atoms with E-state index >= 15 is 0 Å². The molecule has 0 saturated heterocycles. The number of aromatic nitrogens is 2. The highest BCUT2D eigenvalue weighted by molar-refractivity contribution is 7.99. The second kappa shape index (κ2) is 6.31. The van der Waals surface area contributed by atoms with Crippen LogP contribution >= 0.6 is 11.8 Å². The number of rotatable bonds is 6. The van der Waals surface area contributed by atoms with Crippen LogP contribution in [0.3, 0.4) is 0 Å². The lowest BCUT2D eigenvalue weighted by Crippen LogP contribution is -2.22. The standard InChI is InChI=1S/C13H24N2O2S2/c1-11(2)19(16,17)10-6-9-18-12-14-7-8-15(12)13(3,4)5/h7-8,11H,6,9-10H2,1-5H3. The normalized spacial score (nSPS) is 13.2. The summed E-state index contributed by atoms with van der Waals surface area (Å²) in [4.78, 5) is 4.33. The molecule has 0 amide bonds. The first-order valence-corrected chi connectivity index (χ1v) is 9.23. The molecule has 1 heterocycles. The molecular formula is C13H24N2O2S2. The van der Waals surface area contributed by atoms with Crippen molar-refractivity contribution in [3.8, 4) is 0 Å². The van der Waals surface area contributed by atoms with E-state index in [4.69, 9.17) is 0 Å². The van der Waals surface area contributed by atoms with Crippen molar-refractivity contribution in [1.29, 1.82) is 0 Å². The summed E-state index contributed by atoms with van der Waals surface area (Å²) >= 11 is 1.62. The molecule has 0 bridgehead atoms. The van der Waals surface area contributed by atoms with Crippen LogP contribution in [-0.2, 0) is 15.4 Å². The third-order valence-electron chi connectivity index (χ3n) is 2.85. The molecular weight excluding hydrogens is 280 g/mol. The summed E-state index contributed by atoms with van der Waals surface area (Å²) in [6, 6.07) is 0. The Bertz CT molecular complexity index is 499. The van der Waals surface area contributed by atoms with Crippen LogP contribution in [0.25, 0.3) is 0 Å². The molecule has 0 saturated carbocycles. The first-order valence-electron chi connectivity index (χ1n) is 6.53. The van der Waals surface area contributed by atoms with Gasteiger partial charge in [-0.25, -0.2) is 13.4 Å². The van der Waals surface area contributed by atoms with Gasteiger partial charge >= 0.3 is 0 Å². The van der Waals surface area contributed by atoms with Crippen molar-refractivity contribution in [1.82, 2.24) is 9.55 Å². The third kappa shape index (κ3) is 4.84. The smallest absolute Gasteiger partial charge is 0.168 e. The molecule has 1 rings (SSSR count). The zero-order valence-corrected chi connectivity index (χ0v) is 14.0. The summed E-state index contributed by atoms with van der Waals surface area (Å²) in [5.41, 5.74) is 0.00282. The van der Waals surface area contributed by atoms with E-state index in [0.717, 1.165) is 10.9 Å². The van der Waals surface area contributed by atoms with E-state index in [9.17, 15) is 8.42 Å². The molecule has 0 unspecified atom stereocenters. The molecule has 0 N–H and O–H groups in total. The van der Waals surface area contributed by atoms with Crippen molar-refractivity contribution in [3.05, 3.63) is 12.4 Å². The van der Waals surface area contributed by atoms with Gasteiger partial charge in [0, 0.05) is 23.7 Å². The molecule has 0 fully saturated rings. The van der Waals surface area contributed by atoms with Crippen molar-refractivity contribution in [2.45, 2.75) is 57.0 Å². The SMILES string of the molecule is CC(C)S(=O)(=O)CCCSc1nccn1C(C)(C)C. The van der Waals surface area contributed by atoms with Gasteiger partial charge in [-0.1, -0.05) is 11.8 Å². The van der Waals surface area contributed by atoms with E-state index < -0.39 is 9.84 Å². The topological polar surface area (TPSA) is 52.0 Å². The summed E-state index contributed by atoms with van der Waals surface area (Å²) in [7, 11) is -2.92. The second-order valence-corrected chi connectivity index (χ2v) is 9.61. The number of thioether (sulfide) groups is 1. The minimum atomic E-state index is -2.92. The largest absolute Gasteiger partial charge is 0.321 e. The van der Waals surface area contributed by atoms with Gasteiger partial charge in [0.2, 0.25) is 0 Å². The fourth-order valence-electron chi connectivity index (χ4n) is 1.57. The Balaban J connectivity index is 2.50. The highest BCUT2D eigenvalue weighted by Crippen LogP contribution is 2.24. The fraction of sp³-hybridized carbons (Fsp3) is 0.769. The number of sulfone groups is 1. The van der Waals surface area contributed by atoms with Gasteiger partial charge in [-0.15, -0.1) is 0 Å². The predicted molar refractivity (Wildman–Crippen MR) is 81.5 cm³/mol. The number of hydrogen-bond acceptors (Lipinski definition) is 4. The summed E-state index contributed by atoms with van der Waals surface area (Å²) in [5, 5.41) is 0.670. The summed E-state index contributed by atoms with van der Waals surface area (Å²) in [6.07, 6.45) is 4.42. The Labute approximate surface area is 120 Å². The second-order valence-electron chi connectivity index (χ2n) is 5.87. The van der Waals surface area contributed by atoms with Crippen LogP contribution in [0.1, 0.15) is 41.0 Å². The van der Waals surface area contributed by atoms with Crippen molar-refractivity contribution in [2.24, 2.45) is 0 Å². The van der Waals surface area contributed by atoms with Gasteiger partial charge < -0.3 is 4.57 Å². The first-order chi connectivity index (χ1) is 8.64. The Morgan fingerprint density at radius 3 is 2.53 bits per heavy atom. The van der Waals surface area contributed by atoms with Crippen molar-refractivity contribution < 1.29 is 8.42 Å². The van der Waals surface area contributed by atoms with Crippen molar-refractivity contribution in [2.75, 3.05) is 11.5 Å². The van der Waals surface area contributed by atoms with Gasteiger partial charge in [-0.3, -0.25) is 0 Å². The van der Waals surface area contributed by atoms with E-state index in [1.165, 1.54) is 0 Å². The molecule has 4 nitrogen and oxygen atoms in total. The van der Waals surface area contributed by atoms with Crippen LogP contribution in [0.15, 0.2) is 17.6 Å². The van der Waals surface area contributed by atoms with E-state index in [0.29, 0.717) is 6.42 Å². The lowest BCUT2D eigenvalue weighted by Gasteiger charge is -2.22. The first kappa shape index (κ1) is 16.6. The molecule has 0 aromatic carbocycles. The predicted octanol–water partition coefficient (Wildman–Crippen LogP) is 2.94. The molecule has 0 aliphatic rings. The van der Waals surface area contributed by atoms with Crippen LogP contribution in [0.2, 0.25) is 0 Å². The van der Waals surface area contributed by atoms with Gasteiger partial charge in [0.05, 0.1) is 11.0 Å². The molecule has 0 spiro atoms. The summed E-state index contributed by atoms with van der Waals surface area (Å²) in [5.74, 6) is 1.03. The third-order valence-corrected chi connectivity index (χ3v) is 6.20. The molecule has 0 aliphatic heterocycles. The zero-order chi connectivity index (χ0) is 14.7. The summed E-state index contributed by atoms with van der Waals surface area (Å²) in [6.45, 7) is 9.84. The van der Waals surface area contributed by atoms with E-state index in [1.54, 1.807) is 31.8 Å². The molecule has 110 valence electrons. The highest BCUT2D eigenvalue weighted by Gasteiger charge is 2.18. The van der Waals surface area contributed by atoms with E-state index in [2.05, 4.69) is 30.3 Å². The Kier molecular flexibility index (Phi) is 5.50. The van der Waals surface area contributed by atoms with Crippen LogP contribution in [-0.4, -0.2) is 34.7 Å². The van der Waals surface area contributed by atoms with Crippen LogP contribution in [0.5, 0.6) is 0 Å². The highest BCUT2D eigenvalue weighted by atomic mass is 32.2. The maximum Gasteiger partial charge on any atom is 0.168 e. The van der Waals surface area contributed by atoms with Crippen molar-refractivity contribution in [3.63, 3.8) is 0 Å². The monoisotopic (exact) mass is 304 g/mol. The minimum absolute atomic E-state index is 0.00282. The maximum atomic E-state index is 11.7. The Hall–Kier alpha value is -0.490. The quantitative estimate of drug-likeness (QED) is 0.599.